The van der Waals surface area contributed by atoms with E-state index in [1.807, 2.05) is 36.4 Å². The van der Waals surface area contributed by atoms with E-state index in [9.17, 15) is 14.7 Å². The highest BCUT2D eigenvalue weighted by atomic mass is 79.9. The number of hydrogen-bond donors (Lipinski definition) is 1. The van der Waals surface area contributed by atoms with Crippen LogP contribution in [0.1, 0.15) is 62.4 Å². The molecule has 2 aromatic heterocycles. The Kier molecular flexibility index (Phi) is 6.68. The van der Waals surface area contributed by atoms with Crippen molar-refractivity contribution in [2.45, 2.75) is 68.3 Å². The molecule has 2 saturated carbocycles. The summed E-state index contributed by atoms with van der Waals surface area (Å²) in [5.74, 6) is 0.175. The van der Waals surface area contributed by atoms with Crippen LogP contribution in [0.25, 0.3) is 16.9 Å². The van der Waals surface area contributed by atoms with Gasteiger partial charge in [0.1, 0.15) is 16.2 Å². The van der Waals surface area contributed by atoms with Gasteiger partial charge in [0, 0.05) is 24.0 Å². The predicted molar refractivity (Wildman–Crippen MR) is 149 cm³/mol. The number of imidazole rings is 1. The van der Waals surface area contributed by atoms with E-state index < -0.39 is 22.3 Å². The van der Waals surface area contributed by atoms with Crippen LogP contribution in [0.15, 0.2) is 47.6 Å². The van der Waals surface area contributed by atoms with Gasteiger partial charge >= 0.3 is 5.97 Å². The highest BCUT2D eigenvalue weighted by Crippen LogP contribution is 2.49. The first-order valence-corrected chi connectivity index (χ1v) is 14.4. The maximum Gasteiger partial charge on any atom is 0.328 e. The second-order valence-corrected chi connectivity index (χ2v) is 11.8. The fourth-order valence-electron chi connectivity index (χ4n) is 6.51. The topological polar surface area (TPSA) is 101 Å². The number of nitrogens with zero attached hydrogens (tertiary/aromatic N) is 5. The van der Waals surface area contributed by atoms with E-state index in [1.54, 1.807) is 6.20 Å². The SMILES string of the molecule is CN1CCC[C@H]1c1nc2cccnc2n1-c1ccc(C[C@H](N=C2C(Br)C(=O)C23CCCCC3)C(=O)O)cc1. The average Bonchev–Trinajstić information content (AvgIpc) is 3.54. The van der Waals surface area contributed by atoms with Gasteiger partial charge in [-0.05, 0) is 69.1 Å². The molecule has 3 aliphatic rings. The molecule has 1 aromatic carbocycles. The summed E-state index contributed by atoms with van der Waals surface area (Å²) in [6.07, 6.45) is 8.89. The smallest absolute Gasteiger partial charge is 0.328 e. The molecule has 1 N–H and O–H groups in total. The van der Waals surface area contributed by atoms with Crippen LogP contribution in [0.2, 0.25) is 0 Å². The van der Waals surface area contributed by atoms with Gasteiger partial charge in [-0.15, -0.1) is 0 Å². The minimum Gasteiger partial charge on any atom is -0.480 e. The van der Waals surface area contributed by atoms with Crippen molar-refractivity contribution < 1.29 is 14.7 Å². The van der Waals surface area contributed by atoms with E-state index in [0.717, 1.165) is 85.4 Å². The second kappa shape index (κ2) is 10.0. The van der Waals surface area contributed by atoms with Crippen molar-refractivity contribution in [3.8, 4) is 5.69 Å². The molecule has 38 heavy (non-hydrogen) atoms. The van der Waals surface area contributed by atoms with E-state index >= 15 is 0 Å². The number of hydrogen-bond acceptors (Lipinski definition) is 6. The number of pyridine rings is 1. The Morgan fingerprint density at radius 2 is 1.95 bits per heavy atom. The molecular weight excluding hydrogens is 546 g/mol. The number of rotatable bonds is 6. The standard InChI is InChI=1S/C29H32BrN5O3/c1-34-16-6-8-22(34)27-33-20-7-5-15-31-26(20)35(27)19-11-9-18(10-12-19)17-21(28(37)38)32-24-23(30)25(36)29(24)13-3-2-4-14-29/h5,7,9-12,15,21-23H,2-4,6,8,13-14,16-17H2,1H3,(H,37,38)/t21-,22-,23?/m0/s1. The number of aliphatic imine (C=N–C) groups is 1. The third-order valence-corrected chi connectivity index (χ3v) is 9.45. The number of fused-ring (bicyclic) bond motifs is 1. The lowest BCUT2D eigenvalue weighted by molar-refractivity contribution is -0.138. The molecule has 0 bridgehead atoms. The minimum absolute atomic E-state index is 0.161. The molecule has 6 rings (SSSR count). The van der Waals surface area contributed by atoms with Gasteiger partial charge in [0.05, 0.1) is 11.5 Å². The van der Waals surface area contributed by atoms with E-state index in [4.69, 9.17) is 9.98 Å². The fourth-order valence-corrected chi connectivity index (χ4v) is 7.50. The van der Waals surface area contributed by atoms with Crippen LogP contribution in [-0.4, -0.2) is 66.5 Å². The minimum atomic E-state index is -0.969. The van der Waals surface area contributed by atoms with Crippen LogP contribution in [0.4, 0.5) is 0 Å². The highest BCUT2D eigenvalue weighted by Gasteiger charge is 2.58. The number of halogens is 1. The van der Waals surface area contributed by atoms with Crippen LogP contribution in [0.5, 0.6) is 0 Å². The number of benzene rings is 1. The zero-order valence-electron chi connectivity index (χ0n) is 21.5. The molecule has 198 valence electrons. The zero-order valence-corrected chi connectivity index (χ0v) is 23.1. The maximum absolute atomic E-state index is 12.8. The molecule has 0 amide bonds. The quantitative estimate of drug-likeness (QED) is 0.417. The zero-order chi connectivity index (χ0) is 26.4. The van der Waals surface area contributed by atoms with Crippen molar-refractivity contribution in [2.75, 3.05) is 13.6 Å². The number of carbonyl (C=O) groups is 2. The summed E-state index contributed by atoms with van der Waals surface area (Å²) in [6, 6.07) is 11.2. The summed E-state index contributed by atoms with van der Waals surface area (Å²) in [7, 11) is 2.13. The van der Waals surface area contributed by atoms with Crippen molar-refractivity contribution >= 4 is 44.6 Å². The number of carbonyl (C=O) groups excluding carboxylic acids is 1. The van der Waals surface area contributed by atoms with Crippen LogP contribution in [-0.2, 0) is 16.0 Å². The Morgan fingerprint density at radius 1 is 1.18 bits per heavy atom. The predicted octanol–water partition coefficient (Wildman–Crippen LogP) is 4.92. The molecule has 1 unspecified atom stereocenters. The Labute approximate surface area is 230 Å². The van der Waals surface area contributed by atoms with Crippen molar-refractivity contribution in [3.05, 3.63) is 54.0 Å². The first kappa shape index (κ1) is 25.4. The molecule has 3 atom stereocenters. The monoisotopic (exact) mass is 577 g/mol. The Morgan fingerprint density at radius 3 is 2.63 bits per heavy atom. The molecule has 0 radical (unpaired) electrons. The summed E-state index contributed by atoms with van der Waals surface area (Å²) < 4.78 is 2.13. The molecule has 1 saturated heterocycles. The van der Waals surface area contributed by atoms with Crippen molar-refractivity contribution in [2.24, 2.45) is 10.4 Å². The molecular formula is C29H32BrN5O3. The largest absolute Gasteiger partial charge is 0.480 e. The number of aromatic nitrogens is 3. The third kappa shape index (κ3) is 4.20. The van der Waals surface area contributed by atoms with Crippen molar-refractivity contribution in [1.82, 2.24) is 19.4 Å². The number of carboxylic acids is 1. The first-order valence-electron chi connectivity index (χ1n) is 13.5. The lowest BCUT2D eigenvalue weighted by Crippen LogP contribution is -2.61. The molecule has 3 aromatic rings. The number of aliphatic carboxylic acids is 1. The van der Waals surface area contributed by atoms with Crippen molar-refractivity contribution in [3.63, 3.8) is 0 Å². The van der Waals surface area contributed by atoms with E-state index in [1.165, 1.54) is 0 Å². The average molecular weight is 579 g/mol. The summed E-state index contributed by atoms with van der Waals surface area (Å²) in [6.45, 7) is 1.04. The summed E-state index contributed by atoms with van der Waals surface area (Å²) >= 11 is 3.46. The van der Waals surface area contributed by atoms with Crippen LogP contribution < -0.4 is 0 Å². The summed E-state index contributed by atoms with van der Waals surface area (Å²) in [5.41, 5.74) is 3.70. The van der Waals surface area contributed by atoms with Crippen LogP contribution >= 0.6 is 15.9 Å². The molecule has 2 aliphatic carbocycles. The van der Waals surface area contributed by atoms with Gasteiger partial charge in [-0.25, -0.2) is 14.8 Å². The molecule has 8 nitrogen and oxygen atoms in total. The Hall–Kier alpha value is -2.91. The van der Waals surface area contributed by atoms with E-state index in [2.05, 4.69) is 37.4 Å². The number of Topliss-reactive ketones (excluding diaryl/α,β-unsaturated/α-hetero) is 1. The molecule has 3 fully saturated rings. The Balaban J connectivity index is 1.29. The first-order chi connectivity index (χ1) is 18.4. The van der Waals surface area contributed by atoms with Gasteiger partial charge in [-0.2, -0.15) is 0 Å². The van der Waals surface area contributed by atoms with Gasteiger partial charge in [0.2, 0.25) is 0 Å². The van der Waals surface area contributed by atoms with Crippen molar-refractivity contribution in [1.29, 1.82) is 0 Å². The second-order valence-electron chi connectivity index (χ2n) is 10.9. The maximum atomic E-state index is 12.8. The van der Waals surface area contributed by atoms with Gasteiger partial charge in [-0.1, -0.05) is 47.3 Å². The normalized spacial score (nSPS) is 25.2. The molecule has 9 heteroatoms. The lowest BCUT2D eigenvalue weighted by Gasteiger charge is -2.47. The number of alkyl halides is 1. The summed E-state index contributed by atoms with van der Waals surface area (Å²) in [4.78, 5) is 41.1. The fraction of sp³-hybridized carbons (Fsp3) is 0.483. The van der Waals surface area contributed by atoms with Gasteiger partial charge in [-0.3, -0.25) is 19.3 Å². The summed E-state index contributed by atoms with van der Waals surface area (Å²) in [5, 5.41) is 10.0. The number of carboxylic acid groups (broad SMARTS) is 1. The van der Waals surface area contributed by atoms with Gasteiger partial charge in [0.25, 0.3) is 0 Å². The van der Waals surface area contributed by atoms with E-state index in [0.29, 0.717) is 0 Å². The lowest BCUT2D eigenvalue weighted by atomic mass is 9.58. The van der Waals surface area contributed by atoms with Gasteiger partial charge in [0.15, 0.2) is 17.5 Å². The number of ketones is 1. The van der Waals surface area contributed by atoms with Crippen LogP contribution in [0.3, 0.4) is 0 Å². The Bertz CT molecular complexity index is 1410. The molecule has 1 aliphatic heterocycles. The number of likely N-dealkylation sites (tertiary alicyclic amines) is 1. The highest BCUT2D eigenvalue weighted by molar-refractivity contribution is 9.10. The van der Waals surface area contributed by atoms with E-state index in [-0.39, 0.29) is 18.2 Å². The van der Waals surface area contributed by atoms with Gasteiger partial charge < -0.3 is 5.11 Å². The third-order valence-electron chi connectivity index (χ3n) is 8.60. The molecule has 1 spiro atoms. The molecule has 3 heterocycles. The van der Waals surface area contributed by atoms with Crippen LogP contribution in [0, 0.1) is 5.41 Å².